The van der Waals surface area contributed by atoms with Crippen molar-refractivity contribution in [2.45, 2.75) is 31.7 Å². The highest BCUT2D eigenvalue weighted by Crippen LogP contribution is 2.28. The second kappa shape index (κ2) is 8.45. The molecular weight excluding hydrogens is 410 g/mol. The summed E-state index contributed by atoms with van der Waals surface area (Å²) in [6, 6.07) is 13.4. The first-order valence-electron chi connectivity index (χ1n) is 10.5. The average Bonchev–Trinajstić information content (AvgIpc) is 3.30. The van der Waals surface area contributed by atoms with Crippen molar-refractivity contribution in [3.8, 4) is 5.75 Å². The third-order valence-corrected chi connectivity index (χ3v) is 5.94. The van der Waals surface area contributed by atoms with Crippen molar-refractivity contribution in [1.29, 1.82) is 0 Å². The molecule has 1 atom stereocenters. The van der Waals surface area contributed by atoms with E-state index in [0.717, 1.165) is 16.9 Å². The topological polar surface area (TPSA) is 96.0 Å². The normalized spacial score (nSPS) is 20.6. The van der Waals surface area contributed by atoms with Gasteiger partial charge in [0.2, 0.25) is 5.91 Å². The van der Waals surface area contributed by atoms with Gasteiger partial charge in [0.05, 0.1) is 13.7 Å². The molecule has 2 aliphatic heterocycles. The van der Waals surface area contributed by atoms with Gasteiger partial charge < -0.3 is 15.0 Å². The van der Waals surface area contributed by atoms with Crippen LogP contribution in [0.15, 0.2) is 48.5 Å². The van der Waals surface area contributed by atoms with Gasteiger partial charge >= 0.3 is 6.03 Å². The fourth-order valence-corrected chi connectivity index (χ4v) is 4.24. The Morgan fingerprint density at radius 3 is 2.62 bits per heavy atom. The van der Waals surface area contributed by atoms with Gasteiger partial charge in [-0.1, -0.05) is 30.3 Å². The van der Waals surface area contributed by atoms with E-state index >= 15 is 0 Å². The summed E-state index contributed by atoms with van der Waals surface area (Å²) in [5.41, 5.74) is 0.593. The highest BCUT2D eigenvalue weighted by atomic mass is 16.5. The maximum Gasteiger partial charge on any atom is 0.325 e. The summed E-state index contributed by atoms with van der Waals surface area (Å²) < 4.78 is 5.35. The molecule has 2 fully saturated rings. The van der Waals surface area contributed by atoms with Gasteiger partial charge in [-0.05, 0) is 37.1 Å². The molecule has 0 unspecified atom stereocenters. The molecule has 4 rings (SSSR count). The van der Waals surface area contributed by atoms with Gasteiger partial charge in [0.25, 0.3) is 5.91 Å². The van der Waals surface area contributed by atoms with Crippen molar-refractivity contribution < 1.29 is 23.9 Å². The van der Waals surface area contributed by atoms with Crippen molar-refractivity contribution >= 4 is 29.3 Å². The van der Waals surface area contributed by atoms with E-state index in [1.807, 2.05) is 18.2 Å². The number of methoxy groups -OCH3 is 1. The predicted octanol–water partition coefficient (Wildman–Crippen LogP) is 2.56. The summed E-state index contributed by atoms with van der Waals surface area (Å²) in [5.74, 6) is -0.189. The summed E-state index contributed by atoms with van der Waals surface area (Å²) in [6.45, 7) is 1.89. The molecule has 2 aliphatic rings. The molecule has 4 amide bonds. The standard InChI is InChI=1S/C24H25N3O5/c1-24(14-17-7-3-4-10-20(17)32-2)22(30)27(23(31)25-24)15-19(28)16-8-5-9-18(13-16)26-12-6-11-21(26)29/h3-5,7-10,13H,6,11-12,14-15H2,1-2H3,(H,25,31)/t24-/m1/s1. The number of imide groups is 1. The Bertz CT molecular complexity index is 1100. The summed E-state index contributed by atoms with van der Waals surface area (Å²) in [6.07, 6.45) is 1.51. The van der Waals surface area contributed by atoms with Crippen LogP contribution in [0.5, 0.6) is 5.75 Å². The number of carbonyl (C=O) groups excluding carboxylic acids is 4. The van der Waals surface area contributed by atoms with Crippen LogP contribution >= 0.6 is 0 Å². The van der Waals surface area contributed by atoms with Crippen LogP contribution in [0.25, 0.3) is 0 Å². The number of carbonyl (C=O) groups is 4. The lowest BCUT2D eigenvalue weighted by Crippen LogP contribution is -2.46. The van der Waals surface area contributed by atoms with Crippen LogP contribution in [0.2, 0.25) is 0 Å². The van der Waals surface area contributed by atoms with Crippen molar-refractivity contribution in [1.82, 2.24) is 10.2 Å². The Hall–Kier alpha value is -3.68. The fourth-order valence-electron chi connectivity index (χ4n) is 4.24. The number of para-hydroxylation sites is 1. The molecule has 0 aliphatic carbocycles. The maximum absolute atomic E-state index is 13.1. The lowest BCUT2D eigenvalue weighted by atomic mass is 9.92. The number of anilines is 1. The first kappa shape index (κ1) is 21.5. The van der Waals surface area contributed by atoms with Gasteiger partial charge in [-0.3, -0.25) is 19.3 Å². The minimum atomic E-state index is -1.18. The number of Topliss-reactive ketones (excluding diaryl/α,β-unsaturated/α-hetero) is 1. The molecule has 166 valence electrons. The number of nitrogens with one attached hydrogen (secondary N) is 1. The van der Waals surface area contributed by atoms with Gasteiger partial charge in [-0.25, -0.2) is 4.79 Å². The zero-order chi connectivity index (χ0) is 22.9. The molecule has 2 aromatic carbocycles. The predicted molar refractivity (Wildman–Crippen MR) is 118 cm³/mol. The van der Waals surface area contributed by atoms with E-state index < -0.39 is 17.5 Å². The summed E-state index contributed by atoms with van der Waals surface area (Å²) in [5, 5.41) is 2.73. The van der Waals surface area contributed by atoms with Crippen LogP contribution < -0.4 is 15.0 Å². The van der Waals surface area contributed by atoms with Crippen LogP contribution in [0.1, 0.15) is 35.7 Å². The second-order valence-electron chi connectivity index (χ2n) is 8.26. The Balaban J connectivity index is 1.50. The molecule has 1 N–H and O–H groups in total. The fraction of sp³-hybridized carbons (Fsp3) is 0.333. The second-order valence-corrected chi connectivity index (χ2v) is 8.26. The third-order valence-electron chi connectivity index (χ3n) is 5.94. The first-order chi connectivity index (χ1) is 15.3. The van der Waals surface area contributed by atoms with Gasteiger partial charge in [0, 0.05) is 30.6 Å². The minimum absolute atomic E-state index is 0.0239. The molecule has 2 saturated heterocycles. The SMILES string of the molecule is COc1ccccc1C[C@@]1(C)NC(=O)N(CC(=O)c2cccc(N3CCCC3=O)c2)C1=O. The molecule has 32 heavy (non-hydrogen) atoms. The van der Waals surface area contributed by atoms with Crippen LogP contribution in [0.4, 0.5) is 10.5 Å². The number of amides is 4. The number of hydrogen-bond donors (Lipinski definition) is 1. The summed E-state index contributed by atoms with van der Waals surface area (Å²) in [7, 11) is 1.55. The average molecular weight is 435 g/mol. The number of ether oxygens (including phenoxy) is 1. The molecule has 0 spiro atoms. The molecule has 2 heterocycles. The van der Waals surface area contributed by atoms with E-state index in [4.69, 9.17) is 4.74 Å². The Labute approximate surface area is 186 Å². The van der Waals surface area contributed by atoms with Crippen LogP contribution in [-0.4, -0.2) is 54.3 Å². The number of benzene rings is 2. The molecule has 0 bridgehead atoms. The smallest absolute Gasteiger partial charge is 0.325 e. The van der Waals surface area contributed by atoms with Crippen molar-refractivity contribution in [2.75, 3.05) is 25.1 Å². The van der Waals surface area contributed by atoms with Gasteiger partial charge in [0.15, 0.2) is 5.78 Å². The summed E-state index contributed by atoms with van der Waals surface area (Å²) >= 11 is 0. The molecule has 2 aromatic rings. The lowest BCUT2D eigenvalue weighted by molar-refractivity contribution is -0.130. The third kappa shape index (κ3) is 3.95. The molecular formula is C24H25N3O5. The van der Waals surface area contributed by atoms with E-state index in [-0.39, 0.29) is 24.7 Å². The van der Waals surface area contributed by atoms with Crippen LogP contribution in [0, 0.1) is 0 Å². The number of ketones is 1. The van der Waals surface area contributed by atoms with Gasteiger partial charge in [-0.2, -0.15) is 0 Å². The number of rotatable bonds is 7. The van der Waals surface area contributed by atoms with E-state index in [1.54, 1.807) is 49.3 Å². The van der Waals surface area contributed by atoms with Crippen molar-refractivity contribution in [2.24, 2.45) is 0 Å². The van der Waals surface area contributed by atoms with Crippen molar-refractivity contribution in [3.63, 3.8) is 0 Å². The molecule has 0 saturated carbocycles. The molecule has 0 radical (unpaired) electrons. The number of nitrogens with zero attached hydrogens (tertiary/aromatic N) is 2. The van der Waals surface area contributed by atoms with E-state index in [9.17, 15) is 19.2 Å². The number of urea groups is 1. The molecule has 8 nitrogen and oxygen atoms in total. The molecule has 8 heteroatoms. The highest BCUT2D eigenvalue weighted by Gasteiger charge is 2.48. The van der Waals surface area contributed by atoms with Gasteiger partial charge in [-0.15, -0.1) is 0 Å². The zero-order valence-corrected chi connectivity index (χ0v) is 18.1. The monoisotopic (exact) mass is 435 g/mol. The van der Waals surface area contributed by atoms with Gasteiger partial charge in [0.1, 0.15) is 11.3 Å². The molecule has 0 aromatic heterocycles. The lowest BCUT2D eigenvalue weighted by Gasteiger charge is -2.22. The van der Waals surface area contributed by atoms with E-state index in [0.29, 0.717) is 30.0 Å². The Morgan fingerprint density at radius 2 is 1.91 bits per heavy atom. The quantitative estimate of drug-likeness (QED) is 0.533. The number of hydrogen-bond acceptors (Lipinski definition) is 5. The van der Waals surface area contributed by atoms with E-state index in [2.05, 4.69) is 5.32 Å². The van der Waals surface area contributed by atoms with Crippen LogP contribution in [0.3, 0.4) is 0 Å². The Kier molecular flexibility index (Phi) is 5.69. The minimum Gasteiger partial charge on any atom is -0.496 e. The van der Waals surface area contributed by atoms with Crippen LogP contribution in [-0.2, 0) is 16.0 Å². The Morgan fingerprint density at radius 1 is 1.12 bits per heavy atom. The van der Waals surface area contributed by atoms with Crippen molar-refractivity contribution in [3.05, 3.63) is 59.7 Å². The highest BCUT2D eigenvalue weighted by molar-refractivity contribution is 6.11. The zero-order valence-electron chi connectivity index (χ0n) is 18.1. The first-order valence-corrected chi connectivity index (χ1v) is 10.5. The largest absolute Gasteiger partial charge is 0.496 e. The maximum atomic E-state index is 13.1. The summed E-state index contributed by atoms with van der Waals surface area (Å²) in [4.78, 5) is 53.2. The van der Waals surface area contributed by atoms with E-state index in [1.165, 1.54) is 0 Å².